The Labute approximate surface area is 173 Å². The second kappa shape index (κ2) is 11.8. The van der Waals surface area contributed by atoms with Gasteiger partial charge in [-0.15, -0.1) is 0 Å². The summed E-state index contributed by atoms with van der Waals surface area (Å²) >= 11 is 0. The van der Waals surface area contributed by atoms with Crippen molar-refractivity contribution in [1.82, 2.24) is 0 Å². The number of hydrogen-bond donors (Lipinski definition) is 1. The third kappa shape index (κ3) is 6.86. The first kappa shape index (κ1) is 22.3. The van der Waals surface area contributed by atoms with Gasteiger partial charge in [-0.25, -0.2) is 0 Å². The van der Waals surface area contributed by atoms with Crippen molar-refractivity contribution in [2.45, 2.75) is 39.7 Å². The lowest BCUT2D eigenvalue weighted by atomic mass is 10.0. The second-order valence-corrected chi connectivity index (χ2v) is 6.73. The lowest BCUT2D eigenvalue weighted by molar-refractivity contribution is -0.107. The third-order valence-electron chi connectivity index (χ3n) is 4.26. The summed E-state index contributed by atoms with van der Waals surface area (Å²) in [5, 5.41) is 3.12. The van der Waals surface area contributed by atoms with Gasteiger partial charge in [0, 0.05) is 30.8 Å². The molecule has 0 atom stereocenters. The molecule has 0 aliphatic carbocycles. The molecule has 5 nitrogen and oxygen atoms in total. The van der Waals surface area contributed by atoms with Crippen molar-refractivity contribution in [1.29, 1.82) is 0 Å². The molecule has 0 spiro atoms. The quantitative estimate of drug-likeness (QED) is 0.453. The molecule has 2 aromatic carbocycles. The Morgan fingerprint density at radius 1 is 0.966 bits per heavy atom. The van der Waals surface area contributed by atoms with Crippen molar-refractivity contribution < 1.29 is 19.0 Å². The number of carbonyl (C=O) groups excluding carboxylic acids is 1. The van der Waals surface area contributed by atoms with Crippen LogP contribution in [0.3, 0.4) is 0 Å². The maximum absolute atomic E-state index is 10.9. The Morgan fingerprint density at radius 2 is 1.62 bits per heavy atom. The number of hydrogen-bond acceptors (Lipinski definition) is 5. The molecule has 156 valence electrons. The lowest BCUT2D eigenvalue weighted by Gasteiger charge is -2.15. The van der Waals surface area contributed by atoms with Gasteiger partial charge in [-0.1, -0.05) is 20.4 Å². The molecule has 0 saturated carbocycles. The van der Waals surface area contributed by atoms with Gasteiger partial charge in [0.05, 0.1) is 13.2 Å². The van der Waals surface area contributed by atoms with E-state index in [-0.39, 0.29) is 6.42 Å². The molecule has 0 saturated heterocycles. The second-order valence-electron chi connectivity index (χ2n) is 6.73. The fourth-order valence-corrected chi connectivity index (χ4v) is 2.82. The van der Waals surface area contributed by atoms with Crippen molar-refractivity contribution in [3.05, 3.63) is 54.1 Å². The van der Waals surface area contributed by atoms with E-state index < -0.39 is 0 Å². The number of rotatable bonds is 13. The summed E-state index contributed by atoms with van der Waals surface area (Å²) in [4.78, 5) is 10.9. The summed E-state index contributed by atoms with van der Waals surface area (Å²) in [6, 6.07) is 11.6. The van der Waals surface area contributed by atoms with Crippen molar-refractivity contribution >= 4 is 17.5 Å². The van der Waals surface area contributed by atoms with Gasteiger partial charge in [-0.2, -0.15) is 0 Å². The minimum atomic E-state index is 0.285. The molecule has 0 fully saturated rings. The van der Waals surface area contributed by atoms with Crippen LogP contribution in [0.4, 0.5) is 5.69 Å². The van der Waals surface area contributed by atoms with E-state index in [4.69, 9.17) is 14.2 Å². The standard InChI is InChI=1S/C24H31NO4/c1-5-11-27-21-13-19(14-22(15-21)28-12-6-2)17-29-20-7-8-24(25-4)23(16-20)18(3)9-10-26/h7-8,10,13-16,25H,3,5-6,9,11-12,17H2,1-2,4H3. The molecule has 0 heterocycles. The average molecular weight is 398 g/mol. The smallest absolute Gasteiger partial charge is 0.124 e. The molecule has 0 radical (unpaired) electrons. The first-order chi connectivity index (χ1) is 14.1. The van der Waals surface area contributed by atoms with E-state index in [2.05, 4.69) is 25.7 Å². The zero-order valence-corrected chi connectivity index (χ0v) is 17.6. The van der Waals surface area contributed by atoms with Gasteiger partial charge in [-0.05, 0) is 54.3 Å². The highest BCUT2D eigenvalue weighted by molar-refractivity contribution is 5.82. The van der Waals surface area contributed by atoms with Crippen molar-refractivity contribution in [3.8, 4) is 17.2 Å². The molecular weight excluding hydrogens is 366 g/mol. The normalized spacial score (nSPS) is 10.3. The summed E-state index contributed by atoms with van der Waals surface area (Å²) in [5.41, 5.74) is 3.51. The van der Waals surface area contributed by atoms with Crippen LogP contribution in [0.2, 0.25) is 0 Å². The molecular formula is C24H31NO4. The molecule has 0 aliphatic rings. The van der Waals surface area contributed by atoms with Crippen LogP contribution in [0.25, 0.3) is 5.57 Å². The minimum absolute atomic E-state index is 0.285. The number of nitrogens with one attached hydrogen (secondary N) is 1. The van der Waals surface area contributed by atoms with E-state index in [1.807, 2.05) is 43.4 Å². The number of benzene rings is 2. The van der Waals surface area contributed by atoms with E-state index in [0.717, 1.165) is 53.0 Å². The number of aldehydes is 1. The van der Waals surface area contributed by atoms with Crippen LogP contribution < -0.4 is 19.5 Å². The van der Waals surface area contributed by atoms with Gasteiger partial charge < -0.3 is 24.3 Å². The molecule has 0 aromatic heterocycles. The maximum atomic E-state index is 10.9. The van der Waals surface area contributed by atoms with Crippen LogP contribution in [0, 0.1) is 0 Å². The summed E-state index contributed by atoms with van der Waals surface area (Å²) in [5.74, 6) is 2.27. The minimum Gasteiger partial charge on any atom is -0.493 e. The monoisotopic (exact) mass is 397 g/mol. The highest BCUT2D eigenvalue weighted by Crippen LogP contribution is 2.30. The fraction of sp³-hybridized carbons (Fsp3) is 0.375. The molecule has 2 aromatic rings. The van der Waals surface area contributed by atoms with Crippen LogP contribution in [-0.4, -0.2) is 26.5 Å². The predicted octanol–water partition coefficient (Wildman–Crippen LogP) is 5.49. The summed E-state index contributed by atoms with van der Waals surface area (Å²) in [6.07, 6.45) is 3.02. The summed E-state index contributed by atoms with van der Waals surface area (Å²) in [6.45, 7) is 9.85. The molecule has 0 aliphatic heterocycles. The van der Waals surface area contributed by atoms with Crippen LogP contribution in [0.5, 0.6) is 17.2 Å². The summed E-state index contributed by atoms with van der Waals surface area (Å²) in [7, 11) is 1.84. The van der Waals surface area contributed by atoms with E-state index in [0.29, 0.717) is 25.6 Å². The van der Waals surface area contributed by atoms with E-state index in [9.17, 15) is 4.79 Å². The van der Waals surface area contributed by atoms with Crippen molar-refractivity contribution in [2.24, 2.45) is 0 Å². The van der Waals surface area contributed by atoms with Crippen LogP contribution in [-0.2, 0) is 11.4 Å². The largest absolute Gasteiger partial charge is 0.493 e. The molecule has 0 unspecified atom stereocenters. The first-order valence-electron chi connectivity index (χ1n) is 10.1. The Hall–Kier alpha value is -2.95. The number of anilines is 1. The third-order valence-corrected chi connectivity index (χ3v) is 4.26. The average Bonchev–Trinajstić information content (AvgIpc) is 2.74. The van der Waals surface area contributed by atoms with Crippen molar-refractivity contribution in [2.75, 3.05) is 25.6 Å². The summed E-state index contributed by atoms with van der Waals surface area (Å²) < 4.78 is 17.6. The van der Waals surface area contributed by atoms with E-state index in [1.165, 1.54) is 0 Å². The fourth-order valence-electron chi connectivity index (χ4n) is 2.82. The molecule has 0 bridgehead atoms. The highest BCUT2D eigenvalue weighted by Gasteiger charge is 2.09. The molecule has 2 rings (SSSR count). The van der Waals surface area contributed by atoms with Crippen LogP contribution >= 0.6 is 0 Å². The molecule has 0 amide bonds. The number of ether oxygens (including phenoxy) is 3. The molecule has 5 heteroatoms. The Morgan fingerprint density at radius 3 is 2.17 bits per heavy atom. The highest BCUT2D eigenvalue weighted by atomic mass is 16.5. The van der Waals surface area contributed by atoms with Crippen LogP contribution in [0.15, 0.2) is 43.0 Å². The topological polar surface area (TPSA) is 56.8 Å². The number of carbonyl (C=O) groups is 1. The predicted molar refractivity (Wildman–Crippen MR) is 118 cm³/mol. The number of allylic oxidation sites excluding steroid dienone is 1. The molecule has 1 N–H and O–H groups in total. The van der Waals surface area contributed by atoms with Gasteiger partial charge in [0.15, 0.2) is 0 Å². The van der Waals surface area contributed by atoms with Gasteiger partial charge in [0.1, 0.15) is 30.1 Å². The molecule has 29 heavy (non-hydrogen) atoms. The lowest BCUT2D eigenvalue weighted by Crippen LogP contribution is -2.02. The first-order valence-corrected chi connectivity index (χ1v) is 10.1. The Kier molecular flexibility index (Phi) is 9.09. The van der Waals surface area contributed by atoms with Crippen molar-refractivity contribution in [3.63, 3.8) is 0 Å². The Balaban J connectivity index is 2.17. The van der Waals surface area contributed by atoms with Gasteiger partial charge in [0.2, 0.25) is 0 Å². The van der Waals surface area contributed by atoms with E-state index in [1.54, 1.807) is 0 Å². The zero-order valence-electron chi connectivity index (χ0n) is 17.6. The maximum Gasteiger partial charge on any atom is 0.124 e. The van der Waals surface area contributed by atoms with Gasteiger partial charge in [0.25, 0.3) is 0 Å². The SMILES string of the molecule is C=C(CC=O)c1cc(OCc2cc(OCCC)cc(OCCC)c2)ccc1NC. The van der Waals surface area contributed by atoms with E-state index >= 15 is 0 Å². The van der Waals surface area contributed by atoms with Crippen LogP contribution in [0.1, 0.15) is 44.2 Å². The van der Waals surface area contributed by atoms with Gasteiger partial charge >= 0.3 is 0 Å². The Bertz CT molecular complexity index is 790. The zero-order chi connectivity index (χ0) is 21.1. The van der Waals surface area contributed by atoms with Gasteiger partial charge in [-0.3, -0.25) is 0 Å².